The molecule has 0 bridgehead atoms. The molecule has 0 unspecified atom stereocenters. The zero-order valence-corrected chi connectivity index (χ0v) is 26.0. The van der Waals surface area contributed by atoms with Crippen molar-refractivity contribution in [3.05, 3.63) is 145 Å². The zero-order chi connectivity index (χ0) is 30.2. The van der Waals surface area contributed by atoms with Gasteiger partial charge in [-0.25, -0.2) is 0 Å². The molecule has 2 nitrogen and oxygen atoms in total. The molecule has 1 N–H and O–H groups in total. The molecule has 0 aliphatic heterocycles. The molecule has 45 heavy (non-hydrogen) atoms. The van der Waals surface area contributed by atoms with Crippen molar-refractivity contribution in [2.75, 3.05) is 7.05 Å². The van der Waals surface area contributed by atoms with Gasteiger partial charge in [0.15, 0.2) is 0 Å². The summed E-state index contributed by atoms with van der Waals surface area (Å²) in [6.07, 6.45) is 6.10. The van der Waals surface area contributed by atoms with Crippen molar-refractivity contribution in [3.8, 4) is 11.1 Å². The number of nitrogens with zero attached hydrogens (tertiary/aromatic N) is 1. The van der Waals surface area contributed by atoms with Crippen LogP contribution in [0.2, 0.25) is 0 Å². The van der Waals surface area contributed by atoms with E-state index in [0.29, 0.717) is 0 Å². The van der Waals surface area contributed by atoms with Crippen molar-refractivity contribution >= 4 is 85.9 Å². The van der Waals surface area contributed by atoms with Crippen LogP contribution >= 0.6 is 11.3 Å². The van der Waals surface area contributed by atoms with Crippen LogP contribution in [0.5, 0.6) is 0 Å². The molecule has 9 rings (SSSR count). The molecule has 3 heterocycles. The highest BCUT2D eigenvalue weighted by Gasteiger charge is 2.20. The van der Waals surface area contributed by atoms with Gasteiger partial charge in [0.2, 0.25) is 0 Å². The molecule has 9 aromatic rings. The molecule has 0 saturated carbocycles. The average Bonchev–Trinajstić information content (AvgIpc) is 3.73. The van der Waals surface area contributed by atoms with E-state index < -0.39 is 0 Å². The van der Waals surface area contributed by atoms with Crippen LogP contribution in [0, 0.1) is 0 Å². The highest BCUT2D eigenvalue weighted by molar-refractivity contribution is 7.25. The van der Waals surface area contributed by atoms with E-state index in [1.807, 2.05) is 31.4 Å². The van der Waals surface area contributed by atoms with E-state index in [9.17, 15) is 0 Å². The summed E-state index contributed by atoms with van der Waals surface area (Å²) in [7, 11) is 1.96. The molecule has 214 valence electrons. The van der Waals surface area contributed by atoms with Gasteiger partial charge in [-0.2, -0.15) is 0 Å². The molecule has 0 radical (unpaired) electrons. The number of hydrogen-bond donors (Lipinski definition) is 1. The maximum absolute atomic E-state index is 4.14. The Kier molecular flexibility index (Phi) is 5.68. The topological polar surface area (TPSA) is 16.4 Å². The largest absolute Gasteiger partial charge is 0.388 e. The van der Waals surface area contributed by atoms with Crippen molar-refractivity contribution in [1.29, 1.82) is 0 Å². The fourth-order valence-corrected chi connectivity index (χ4v) is 8.48. The summed E-state index contributed by atoms with van der Waals surface area (Å²) in [4.78, 5) is 0. The Balaban J connectivity index is 1.34. The second-order valence-electron chi connectivity index (χ2n) is 11.8. The summed E-state index contributed by atoms with van der Waals surface area (Å²) >= 11 is 1.88. The Morgan fingerprint density at radius 2 is 1.44 bits per heavy atom. The van der Waals surface area contributed by atoms with E-state index >= 15 is 0 Å². The molecular formula is C42H30N2S. The standard InChI is InChI=1S/C42H30N2S/c1-4-10-37(43-3)30(5-2)27-16-15-25-23-39-34(20-28(25)19-27)36-22-29(21-35-31-11-6-8-13-38(31)44(39)42(35)36)26-17-18-33-32-12-7-9-14-40(32)45-41(33)24-26/h4-24,43H,2H2,1,3H3/b10-4-,37-30-. The SMILES string of the molecule is C=C/C(=C(\C=C/C)NC)c1ccc2cc3c(cc2c1)c1cc(-c2ccc4c(c2)sc2ccccc24)cc2c4ccccc4n3c21. The first-order chi connectivity index (χ1) is 22.2. The highest BCUT2D eigenvalue weighted by atomic mass is 32.1. The third-order valence-electron chi connectivity index (χ3n) is 9.37. The molecule has 0 spiro atoms. The first-order valence-corrected chi connectivity index (χ1v) is 16.2. The van der Waals surface area contributed by atoms with Crippen LogP contribution in [0.1, 0.15) is 12.5 Å². The minimum absolute atomic E-state index is 1.06. The van der Waals surface area contributed by atoms with Crippen LogP contribution < -0.4 is 5.32 Å². The van der Waals surface area contributed by atoms with Gasteiger partial charge < -0.3 is 9.72 Å². The molecular weight excluding hydrogens is 565 g/mol. The lowest BCUT2D eigenvalue weighted by atomic mass is 9.96. The van der Waals surface area contributed by atoms with E-state index in [1.165, 1.54) is 80.2 Å². The smallest absolute Gasteiger partial charge is 0.0620 e. The number of para-hydroxylation sites is 1. The normalized spacial score (nSPS) is 13.0. The lowest BCUT2D eigenvalue weighted by Crippen LogP contribution is -2.05. The third-order valence-corrected chi connectivity index (χ3v) is 10.5. The number of nitrogens with one attached hydrogen (secondary N) is 1. The van der Waals surface area contributed by atoms with Crippen molar-refractivity contribution in [1.82, 2.24) is 9.72 Å². The minimum atomic E-state index is 1.06. The van der Waals surface area contributed by atoms with Crippen LogP contribution in [-0.2, 0) is 0 Å². The Bertz CT molecular complexity index is 2710. The van der Waals surface area contributed by atoms with Gasteiger partial charge in [0.05, 0.1) is 16.6 Å². The fraction of sp³-hybridized carbons (Fsp3) is 0.0476. The third kappa shape index (κ3) is 3.74. The molecule has 0 aliphatic carbocycles. The number of likely N-dealkylation sites (N-methyl/N-ethyl adjacent to an activating group) is 1. The first kappa shape index (κ1) is 26.1. The number of benzene rings is 6. The van der Waals surface area contributed by atoms with E-state index in [2.05, 4.69) is 138 Å². The summed E-state index contributed by atoms with van der Waals surface area (Å²) in [5.41, 5.74) is 9.61. The molecule has 3 aromatic heterocycles. The van der Waals surface area contributed by atoms with Crippen molar-refractivity contribution < 1.29 is 0 Å². The molecule has 0 aliphatic rings. The van der Waals surface area contributed by atoms with Crippen LogP contribution in [0.4, 0.5) is 0 Å². The molecule has 0 atom stereocenters. The van der Waals surface area contributed by atoms with Gasteiger partial charge >= 0.3 is 0 Å². The Morgan fingerprint density at radius 1 is 0.667 bits per heavy atom. The number of rotatable bonds is 5. The van der Waals surface area contributed by atoms with Gasteiger partial charge in [0.25, 0.3) is 0 Å². The van der Waals surface area contributed by atoms with Crippen molar-refractivity contribution in [3.63, 3.8) is 0 Å². The lowest BCUT2D eigenvalue weighted by Gasteiger charge is -2.11. The molecule has 6 aromatic carbocycles. The second kappa shape index (κ2) is 9.82. The van der Waals surface area contributed by atoms with Gasteiger partial charge in [-0.05, 0) is 89.0 Å². The Hall–Kier alpha value is -5.38. The Morgan fingerprint density at radius 3 is 2.27 bits per heavy atom. The number of fused-ring (bicyclic) bond motifs is 10. The van der Waals surface area contributed by atoms with Crippen LogP contribution in [-0.4, -0.2) is 11.4 Å². The number of thiophene rings is 1. The van der Waals surface area contributed by atoms with Crippen molar-refractivity contribution in [2.45, 2.75) is 6.92 Å². The summed E-state index contributed by atoms with van der Waals surface area (Å²) in [6, 6.07) is 40.8. The van der Waals surface area contributed by atoms with Crippen LogP contribution in [0.3, 0.4) is 0 Å². The number of aromatic nitrogens is 1. The number of hydrogen-bond acceptors (Lipinski definition) is 2. The zero-order valence-electron chi connectivity index (χ0n) is 25.2. The minimum Gasteiger partial charge on any atom is -0.388 e. The van der Waals surface area contributed by atoms with E-state index in [-0.39, 0.29) is 0 Å². The number of allylic oxidation sites excluding steroid dienone is 4. The first-order valence-electron chi connectivity index (χ1n) is 15.4. The van der Waals surface area contributed by atoms with Crippen molar-refractivity contribution in [2.24, 2.45) is 0 Å². The van der Waals surface area contributed by atoms with Crippen LogP contribution in [0.15, 0.2) is 140 Å². The highest BCUT2D eigenvalue weighted by Crippen LogP contribution is 2.44. The molecule has 3 heteroatoms. The maximum Gasteiger partial charge on any atom is 0.0620 e. The summed E-state index contributed by atoms with van der Waals surface area (Å²) < 4.78 is 5.14. The molecule has 0 fully saturated rings. The van der Waals surface area contributed by atoms with Gasteiger partial charge in [0, 0.05) is 60.0 Å². The fourth-order valence-electron chi connectivity index (χ4n) is 7.34. The average molecular weight is 595 g/mol. The monoisotopic (exact) mass is 594 g/mol. The van der Waals surface area contributed by atoms with Crippen LogP contribution in [0.25, 0.3) is 85.7 Å². The van der Waals surface area contributed by atoms with E-state index in [0.717, 1.165) is 16.8 Å². The molecule has 0 saturated heterocycles. The van der Waals surface area contributed by atoms with Gasteiger partial charge in [-0.3, -0.25) is 0 Å². The predicted octanol–water partition coefficient (Wildman–Crippen LogP) is 11.7. The van der Waals surface area contributed by atoms with Gasteiger partial charge in [-0.15, -0.1) is 11.3 Å². The summed E-state index contributed by atoms with van der Waals surface area (Å²) in [6.45, 7) is 6.17. The summed E-state index contributed by atoms with van der Waals surface area (Å²) in [5.74, 6) is 0. The predicted molar refractivity (Wildman–Crippen MR) is 198 cm³/mol. The Labute approximate surface area is 265 Å². The van der Waals surface area contributed by atoms with Gasteiger partial charge in [-0.1, -0.05) is 79.4 Å². The molecule has 0 amide bonds. The van der Waals surface area contributed by atoms with Gasteiger partial charge in [0.1, 0.15) is 0 Å². The summed E-state index contributed by atoms with van der Waals surface area (Å²) in [5, 5.41) is 13.6. The van der Waals surface area contributed by atoms with E-state index in [4.69, 9.17) is 0 Å². The van der Waals surface area contributed by atoms with E-state index in [1.54, 1.807) is 0 Å². The second-order valence-corrected chi connectivity index (χ2v) is 12.9. The quantitative estimate of drug-likeness (QED) is 0.196. The maximum atomic E-state index is 4.14. The lowest BCUT2D eigenvalue weighted by molar-refractivity contribution is 1.04.